The lowest BCUT2D eigenvalue weighted by Crippen LogP contribution is -2.52. The molecule has 2 fully saturated rings. The molecule has 190 valence electrons. The van der Waals surface area contributed by atoms with Crippen molar-refractivity contribution in [1.29, 1.82) is 0 Å². The highest BCUT2D eigenvalue weighted by atomic mass is 32.2. The summed E-state index contributed by atoms with van der Waals surface area (Å²) in [7, 11) is -1.62. The summed E-state index contributed by atoms with van der Waals surface area (Å²) >= 11 is 0. The standard InChI is InChI=1S/C28H47N5S/c1-7-9-10-24(3)31-18-15-28(16-19-31,25(4)29)34(5,6)33-22-20-32(21-23-33)27-13-11-26(12-14-27)30-17-8-2/h11-14,30H,3-10,15-23,29H2,1-2H3. The molecule has 2 aliphatic heterocycles. The number of benzene rings is 1. The fourth-order valence-electron chi connectivity index (χ4n) is 5.27. The normalized spacial score (nSPS) is 19.1. The SMILES string of the molecule is C=C(CCCC)N1CCC(C(=C)N)(S(=C)(=C)N2CCN(c3ccc(NCCC)cc3)CC2)CC1. The third-order valence-corrected chi connectivity index (χ3v) is 11.2. The minimum atomic E-state index is -1.62. The minimum absolute atomic E-state index is 0.205. The monoisotopic (exact) mass is 485 g/mol. The van der Waals surface area contributed by atoms with E-state index in [2.05, 4.69) is 70.7 Å². The summed E-state index contributed by atoms with van der Waals surface area (Å²) in [5.41, 5.74) is 11.0. The molecule has 6 heteroatoms. The molecule has 0 radical (unpaired) electrons. The highest BCUT2D eigenvalue weighted by Crippen LogP contribution is 2.51. The van der Waals surface area contributed by atoms with E-state index in [1.54, 1.807) is 0 Å². The molecule has 0 saturated carbocycles. The molecule has 1 aromatic rings. The van der Waals surface area contributed by atoms with Crippen LogP contribution in [0.5, 0.6) is 0 Å². The largest absolute Gasteiger partial charge is 0.401 e. The van der Waals surface area contributed by atoms with Gasteiger partial charge in [0.15, 0.2) is 0 Å². The van der Waals surface area contributed by atoms with E-state index in [4.69, 9.17) is 17.5 Å². The number of hydrogen-bond donors (Lipinski definition) is 2. The van der Waals surface area contributed by atoms with Crippen LogP contribution in [0.4, 0.5) is 11.4 Å². The molecule has 0 unspecified atom stereocenters. The zero-order chi connectivity index (χ0) is 24.8. The first-order valence-electron chi connectivity index (χ1n) is 13.0. The topological polar surface area (TPSA) is 47.8 Å². The lowest BCUT2D eigenvalue weighted by Gasteiger charge is -2.52. The third kappa shape index (κ3) is 5.60. The van der Waals surface area contributed by atoms with Crippen LogP contribution in [0.15, 0.2) is 48.8 Å². The van der Waals surface area contributed by atoms with Crippen molar-refractivity contribution >= 4 is 32.5 Å². The van der Waals surface area contributed by atoms with E-state index in [1.807, 2.05) is 0 Å². The Kier molecular flexibility index (Phi) is 9.05. The Labute approximate surface area is 209 Å². The van der Waals surface area contributed by atoms with Crippen LogP contribution in [-0.2, 0) is 0 Å². The van der Waals surface area contributed by atoms with E-state index in [9.17, 15) is 0 Å². The number of piperidine rings is 1. The maximum atomic E-state index is 6.53. The summed E-state index contributed by atoms with van der Waals surface area (Å²) in [4.78, 5) is 4.92. The quantitative estimate of drug-likeness (QED) is 0.421. The molecule has 0 bridgehead atoms. The van der Waals surface area contributed by atoms with Gasteiger partial charge in [-0.3, -0.25) is 4.31 Å². The van der Waals surface area contributed by atoms with E-state index in [1.165, 1.54) is 29.9 Å². The van der Waals surface area contributed by atoms with E-state index in [-0.39, 0.29) is 4.75 Å². The number of nitrogens with two attached hydrogens (primary N) is 1. The number of unbranched alkanes of at least 4 members (excludes halogenated alkanes) is 1. The summed E-state index contributed by atoms with van der Waals surface area (Å²) in [5.74, 6) is 9.52. The molecule has 2 heterocycles. The zero-order valence-electron chi connectivity index (χ0n) is 21.7. The van der Waals surface area contributed by atoms with Crippen molar-refractivity contribution in [2.45, 2.75) is 57.1 Å². The highest BCUT2D eigenvalue weighted by Gasteiger charge is 2.43. The molecule has 0 spiro atoms. The number of anilines is 2. The second-order valence-electron chi connectivity index (χ2n) is 9.91. The summed E-state index contributed by atoms with van der Waals surface area (Å²) in [6.45, 7) is 19.8. The van der Waals surface area contributed by atoms with Crippen molar-refractivity contribution in [1.82, 2.24) is 9.21 Å². The van der Waals surface area contributed by atoms with Gasteiger partial charge in [0, 0.05) is 68.6 Å². The van der Waals surface area contributed by atoms with Crippen LogP contribution in [0.3, 0.4) is 0 Å². The van der Waals surface area contributed by atoms with Crippen molar-refractivity contribution in [3.63, 3.8) is 0 Å². The summed E-state index contributed by atoms with van der Waals surface area (Å²) in [6.07, 6.45) is 6.54. The minimum Gasteiger partial charge on any atom is -0.401 e. The molecule has 1 aromatic carbocycles. The van der Waals surface area contributed by atoms with Crippen molar-refractivity contribution in [2.24, 2.45) is 5.73 Å². The fourth-order valence-corrected chi connectivity index (χ4v) is 8.06. The average molecular weight is 486 g/mol. The third-order valence-electron chi connectivity index (χ3n) is 7.69. The number of hydrogen-bond acceptors (Lipinski definition) is 5. The maximum absolute atomic E-state index is 6.53. The smallest absolute Gasteiger partial charge is 0.0599 e. The Morgan fingerprint density at radius 1 is 0.971 bits per heavy atom. The van der Waals surface area contributed by atoms with Crippen molar-refractivity contribution in [2.75, 3.05) is 56.0 Å². The molecule has 34 heavy (non-hydrogen) atoms. The van der Waals surface area contributed by atoms with Crippen molar-refractivity contribution in [3.05, 3.63) is 48.8 Å². The molecule has 2 aliphatic rings. The molecule has 3 N–H and O–H groups in total. The van der Waals surface area contributed by atoms with Gasteiger partial charge >= 0.3 is 0 Å². The molecule has 0 atom stereocenters. The van der Waals surface area contributed by atoms with Gasteiger partial charge in [-0.25, -0.2) is 0 Å². The lowest BCUT2D eigenvalue weighted by molar-refractivity contribution is 0.249. The molecule has 0 aromatic heterocycles. The predicted octanol–water partition coefficient (Wildman–Crippen LogP) is 5.23. The van der Waals surface area contributed by atoms with Gasteiger partial charge in [0.1, 0.15) is 0 Å². The van der Waals surface area contributed by atoms with Gasteiger partial charge in [-0.05, 0) is 56.4 Å². The van der Waals surface area contributed by atoms with E-state index >= 15 is 0 Å². The van der Waals surface area contributed by atoms with Gasteiger partial charge in [0.25, 0.3) is 0 Å². The molecule has 0 amide bonds. The van der Waals surface area contributed by atoms with Crippen molar-refractivity contribution in [3.8, 4) is 0 Å². The van der Waals surface area contributed by atoms with Gasteiger partial charge in [-0.1, -0.05) is 45.2 Å². The van der Waals surface area contributed by atoms with Gasteiger partial charge in [0.2, 0.25) is 0 Å². The Bertz CT molecular complexity index is 918. The maximum Gasteiger partial charge on any atom is 0.0599 e. The van der Waals surface area contributed by atoms with Gasteiger partial charge in [-0.2, -0.15) is 0 Å². The number of likely N-dealkylation sites (tertiary alicyclic amines) is 1. The van der Waals surface area contributed by atoms with Crippen LogP contribution in [-0.4, -0.2) is 71.5 Å². The summed E-state index contributed by atoms with van der Waals surface area (Å²) < 4.78 is 2.32. The van der Waals surface area contributed by atoms with Crippen LogP contribution in [0.25, 0.3) is 0 Å². The first-order chi connectivity index (χ1) is 16.2. The molecular formula is C28H47N5S. The number of nitrogens with zero attached hydrogens (tertiary/aromatic N) is 3. The molecular weight excluding hydrogens is 438 g/mol. The highest BCUT2D eigenvalue weighted by molar-refractivity contribution is 8.27. The van der Waals surface area contributed by atoms with Crippen molar-refractivity contribution < 1.29 is 0 Å². The lowest BCUT2D eigenvalue weighted by atomic mass is 9.92. The first kappa shape index (κ1) is 26.6. The first-order valence-corrected chi connectivity index (χ1v) is 14.9. The number of allylic oxidation sites excluding steroid dienone is 1. The predicted molar refractivity (Wildman–Crippen MR) is 156 cm³/mol. The van der Waals surface area contributed by atoms with Gasteiger partial charge in [-0.15, -0.1) is 9.39 Å². The van der Waals surface area contributed by atoms with E-state index in [0.717, 1.165) is 77.2 Å². The molecule has 2 saturated heterocycles. The van der Waals surface area contributed by atoms with Crippen LogP contribution in [0.1, 0.15) is 52.4 Å². The summed E-state index contributed by atoms with van der Waals surface area (Å²) in [6, 6.07) is 8.83. The molecule has 3 rings (SSSR count). The number of nitrogens with one attached hydrogen (secondary N) is 1. The van der Waals surface area contributed by atoms with Crippen LogP contribution >= 0.6 is 9.39 Å². The second-order valence-corrected chi connectivity index (χ2v) is 12.9. The molecule has 5 nitrogen and oxygen atoms in total. The average Bonchev–Trinajstić information content (AvgIpc) is 2.86. The van der Waals surface area contributed by atoms with E-state index < -0.39 is 9.39 Å². The Hall–Kier alpha value is -2.05. The summed E-state index contributed by atoms with van der Waals surface area (Å²) in [5, 5.41) is 3.45. The Morgan fingerprint density at radius 3 is 2.12 bits per heavy atom. The van der Waals surface area contributed by atoms with Crippen LogP contribution in [0, 0.1) is 0 Å². The van der Waals surface area contributed by atoms with Gasteiger partial charge < -0.3 is 20.9 Å². The van der Waals surface area contributed by atoms with E-state index in [0.29, 0.717) is 0 Å². The second kappa shape index (κ2) is 11.6. The van der Waals surface area contributed by atoms with Crippen LogP contribution < -0.4 is 16.0 Å². The Morgan fingerprint density at radius 2 is 1.59 bits per heavy atom. The fraction of sp³-hybridized carbons (Fsp3) is 0.571. The number of piperazine rings is 1. The van der Waals surface area contributed by atoms with Crippen LogP contribution in [0.2, 0.25) is 0 Å². The Balaban J connectivity index is 1.64. The van der Waals surface area contributed by atoms with Gasteiger partial charge in [0.05, 0.1) is 4.75 Å². The number of rotatable bonds is 11. The zero-order valence-corrected chi connectivity index (χ0v) is 22.5. The molecule has 0 aliphatic carbocycles.